The summed E-state index contributed by atoms with van der Waals surface area (Å²) in [5.74, 6) is -0.422. The number of nitrogens with zero attached hydrogens (tertiary/aromatic N) is 3. The Labute approximate surface area is 159 Å². The van der Waals surface area contributed by atoms with Gasteiger partial charge in [-0.25, -0.2) is 12.8 Å². The molecule has 3 rings (SSSR count). The van der Waals surface area contributed by atoms with Crippen molar-refractivity contribution in [3.8, 4) is 6.07 Å². The molecule has 1 saturated heterocycles. The van der Waals surface area contributed by atoms with Crippen molar-refractivity contribution < 1.29 is 12.8 Å². The summed E-state index contributed by atoms with van der Waals surface area (Å²) in [6, 6.07) is 12.8. The predicted molar refractivity (Wildman–Crippen MR) is 101 cm³/mol. The first-order chi connectivity index (χ1) is 12.8. The summed E-state index contributed by atoms with van der Waals surface area (Å²) in [4.78, 5) is 2.11. The molecule has 2 aromatic rings. The molecule has 1 aliphatic heterocycles. The molecule has 0 saturated carbocycles. The minimum Gasteiger partial charge on any atom is -0.282 e. The molecule has 5 nitrogen and oxygen atoms in total. The number of halogens is 1. The summed E-state index contributed by atoms with van der Waals surface area (Å²) < 4.78 is 41.3. The SMILES string of the molecule is Cc1ccc(S(=O)(=O)N2CCN(C(C#N)c3ccccc3F)CC2)cc1C. The van der Waals surface area contributed by atoms with Crippen LogP contribution in [0.1, 0.15) is 22.7 Å². The Hall–Kier alpha value is -2.27. The zero-order chi connectivity index (χ0) is 19.6. The largest absolute Gasteiger partial charge is 0.282 e. The number of hydrogen-bond acceptors (Lipinski definition) is 4. The van der Waals surface area contributed by atoms with E-state index in [1.807, 2.05) is 24.8 Å². The smallest absolute Gasteiger partial charge is 0.243 e. The second kappa shape index (κ2) is 7.77. The van der Waals surface area contributed by atoms with E-state index >= 15 is 0 Å². The molecule has 0 radical (unpaired) electrons. The maximum atomic E-state index is 14.1. The number of benzene rings is 2. The Morgan fingerprint density at radius 2 is 1.70 bits per heavy atom. The molecule has 0 amide bonds. The van der Waals surface area contributed by atoms with Crippen molar-refractivity contribution in [3.63, 3.8) is 0 Å². The third-order valence-corrected chi connectivity index (χ3v) is 6.97. The van der Waals surface area contributed by atoms with Crippen molar-refractivity contribution in [1.29, 1.82) is 5.26 Å². The van der Waals surface area contributed by atoms with Crippen LogP contribution in [0.3, 0.4) is 0 Å². The molecule has 1 aliphatic rings. The second-order valence-electron chi connectivity index (χ2n) is 6.74. The number of rotatable bonds is 4. The van der Waals surface area contributed by atoms with Crippen LogP contribution in [0.5, 0.6) is 0 Å². The first-order valence-corrected chi connectivity index (χ1v) is 10.2. The molecule has 1 fully saturated rings. The van der Waals surface area contributed by atoms with Gasteiger partial charge in [-0.1, -0.05) is 24.3 Å². The minimum absolute atomic E-state index is 0.266. The highest BCUT2D eigenvalue weighted by Crippen LogP contribution is 2.26. The normalized spacial score (nSPS) is 17.4. The minimum atomic E-state index is -3.58. The van der Waals surface area contributed by atoms with E-state index in [9.17, 15) is 18.1 Å². The summed E-state index contributed by atoms with van der Waals surface area (Å²) in [5, 5.41) is 9.53. The van der Waals surface area contributed by atoms with Gasteiger partial charge < -0.3 is 0 Å². The highest BCUT2D eigenvalue weighted by Gasteiger charge is 2.32. The van der Waals surface area contributed by atoms with E-state index in [0.717, 1.165) is 11.1 Å². The van der Waals surface area contributed by atoms with Crippen LogP contribution < -0.4 is 0 Å². The Morgan fingerprint density at radius 1 is 1.04 bits per heavy atom. The summed E-state index contributed by atoms with van der Waals surface area (Å²) in [7, 11) is -3.58. The quantitative estimate of drug-likeness (QED) is 0.809. The predicted octanol–water partition coefficient (Wildman–Crippen LogP) is 3.01. The molecule has 0 bridgehead atoms. The Bertz CT molecular complexity index is 977. The molecule has 1 unspecified atom stereocenters. The summed E-state index contributed by atoms with van der Waals surface area (Å²) >= 11 is 0. The summed E-state index contributed by atoms with van der Waals surface area (Å²) in [6.07, 6.45) is 0. The zero-order valence-electron chi connectivity index (χ0n) is 15.4. The van der Waals surface area contributed by atoms with Gasteiger partial charge in [0, 0.05) is 31.7 Å². The molecule has 0 aromatic heterocycles. The van der Waals surface area contributed by atoms with Gasteiger partial charge in [-0.2, -0.15) is 9.57 Å². The third-order valence-electron chi connectivity index (χ3n) is 5.08. The third kappa shape index (κ3) is 3.88. The summed E-state index contributed by atoms with van der Waals surface area (Å²) in [5.41, 5.74) is 2.30. The molecule has 142 valence electrons. The van der Waals surface area contributed by atoms with Gasteiger partial charge in [-0.05, 0) is 43.2 Å². The number of hydrogen-bond donors (Lipinski definition) is 0. The molecule has 0 aliphatic carbocycles. The van der Waals surface area contributed by atoms with Crippen LogP contribution in [0.15, 0.2) is 47.4 Å². The van der Waals surface area contributed by atoms with Gasteiger partial charge in [0.05, 0.1) is 11.0 Å². The van der Waals surface area contributed by atoms with Gasteiger partial charge in [0.25, 0.3) is 0 Å². The highest BCUT2D eigenvalue weighted by atomic mass is 32.2. The first kappa shape index (κ1) is 19.5. The fourth-order valence-corrected chi connectivity index (χ4v) is 4.78. The number of nitriles is 1. The Kier molecular flexibility index (Phi) is 5.61. The maximum Gasteiger partial charge on any atom is 0.243 e. The van der Waals surface area contributed by atoms with Crippen LogP contribution in [-0.2, 0) is 10.0 Å². The van der Waals surface area contributed by atoms with E-state index in [1.54, 1.807) is 30.3 Å². The Morgan fingerprint density at radius 3 is 2.30 bits per heavy atom. The number of sulfonamides is 1. The van der Waals surface area contributed by atoms with E-state index in [2.05, 4.69) is 6.07 Å². The summed E-state index contributed by atoms with van der Waals surface area (Å²) in [6.45, 7) is 5.10. The van der Waals surface area contributed by atoms with E-state index < -0.39 is 21.9 Å². The van der Waals surface area contributed by atoms with Gasteiger partial charge in [0.2, 0.25) is 10.0 Å². The van der Waals surface area contributed by atoms with Crippen molar-refractivity contribution in [1.82, 2.24) is 9.21 Å². The van der Waals surface area contributed by atoms with Gasteiger partial charge in [-0.3, -0.25) is 4.90 Å². The molecular formula is C20H22FN3O2S. The fourth-order valence-electron chi connectivity index (χ4n) is 3.27. The number of aryl methyl sites for hydroxylation is 2. The lowest BCUT2D eigenvalue weighted by molar-refractivity contribution is 0.160. The van der Waals surface area contributed by atoms with Gasteiger partial charge in [0.1, 0.15) is 11.9 Å². The zero-order valence-corrected chi connectivity index (χ0v) is 16.2. The lowest BCUT2D eigenvalue weighted by Crippen LogP contribution is -2.49. The lowest BCUT2D eigenvalue weighted by Gasteiger charge is -2.36. The fraction of sp³-hybridized carbons (Fsp3) is 0.350. The monoisotopic (exact) mass is 387 g/mol. The van der Waals surface area contributed by atoms with E-state index in [-0.39, 0.29) is 18.0 Å². The molecule has 0 N–H and O–H groups in total. The molecule has 2 aromatic carbocycles. The van der Waals surface area contributed by atoms with Crippen LogP contribution in [0.2, 0.25) is 0 Å². The van der Waals surface area contributed by atoms with E-state index in [1.165, 1.54) is 10.4 Å². The van der Waals surface area contributed by atoms with Crippen molar-refractivity contribution in [3.05, 3.63) is 65.0 Å². The molecule has 0 spiro atoms. The highest BCUT2D eigenvalue weighted by molar-refractivity contribution is 7.89. The maximum absolute atomic E-state index is 14.1. The average molecular weight is 387 g/mol. The van der Waals surface area contributed by atoms with Crippen molar-refractivity contribution in [2.75, 3.05) is 26.2 Å². The molecule has 1 heterocycles. The van der Waals surface area contributed by atoms with E-state index in [0.29, 0.717) is 18.7 Å². The first-order valence-electron chi connectivity index (χ1n) is 8.80. The van der Waals surface area contributed by atoms with Crippen LogP contribution in [0.4, 0.5) is 4.39 Å². The van der Waals surface area contributed by atoms with Gasteiger partial charge >= 0.3 is 0 Å². The standard InChI is InChI=1S/C20H22FN3O2S/c1-15-7-8-17(13-16(15)2)27(25,26)24-11-9-23(10-12-24)20(14-22)18-5-3-4-6-19(18)21/h3-8,13,20H,9-12H2,1-2H3. The van der Waals surface area contributed by atoms with E-state index in [4.69, 9.17) is 0 Å². The second-order valence-corrected chi connectivity index (χ2v) is 8.68. The topological polar surface area (TPSA) is 64.4 Å². The average Bonchev–Trinajstić information content (AvgIpc) is 2.66. The van der Waals surface area contributed by atoms with Crippen molar-refractivity contribution >= 4 is 10.0 Å². The van der Waals surface area contributed by atoms with Gasteiger partial charge in [0.15, 0.2) is 0 Å². The van der Waals surface area contributed by atoms with Crippen LogP contribution in [0, 0.1) is 31.0 Å². The molecule has 7 heteroatoms. The van der Waals surface area contributed by atoms with Crippen LogP contribution in [0.25, 0.3) is 0 Å². The van der Waals surface area contributed by atoms with Gasteiger partial charge in [-0.15, -0.1) is 0 Å². The van der Waals surface area contributed by atoms with Crippen LogP contribution >= 0.6 is 0 Å². The molecule has 27 heavy (non-hydrogen) atoms. The Balaban J connectivity index is 1.75. The van der Waals surface area contributed by atoms with Crippen molar-refractivity contribution in [2.24, 2.45) is 0 Å². The van der Waals surface area contributed by atoms with Crippen LogP contribution in [-0.4, -0.2) is 43.8 Å². The number of piperazine rings is 1. The molecule has 1 atom stereocenters. The molecular weight excluding hydrogens is 365 g/mol. The van der Waals surface area contributed by atoms with Crippen molar-refractivity contribution in [2.45, 2.75) is 24.8 Å². The lowest BCUT2D eigenvalue weighted by atomic mass is 10.1.